The van der Waals surface area contributed by atoms with Crippen molar-refractivity contribution in [2.75, 3.05) is 33.8 Å². The number of rotatable bonds is 8. The van der Waals surface area contributed by atoms with Crippen LogP contribution in [0.3, 0.4) is 0 Å². The van der Waals surface area contributed by atoms with E-state index in [1.807, 2.05) is 14.1 Å². The van der Waals surface area contributed by atoms with Crippen LogP contribution in [0.4, 0.5) is 0 Å². The van der Waals surface area contributed by atoms with Crippen LogP contribution in [0, 0.1) is 0 Å². The van der Waals surface area contributed by atoms with E-state index in [9.17, 15) is 15.3 Å². The van der Waals surface area contributed by atoms with Crippen LogP contribution >= 0.6 is 8.60 Å². The van der Waals surface area contributed by atoms with Crippen molar-refractivity contribution in [3.8, 4) is 0 Å². The topological polar surface area (TPSA) is 84.8 Å². The van der Waals surface area contributed by atoms with Gasteiger partial charge in [-0.1, -0.05) is 6.92 Å². The van der Waals surface area contributed by atoms with E-state index in [1.165, 1.54) is 0 Å². The number of quaternary nitrogens is 1. The van der Waals surface area contributed by atoms with E-state index in [2.05, 4.69) is 16.1 Å². The number of aliphatic hydroxyl groups is 1. The monoisotopic (exact) mass is 263 g/mol. The number of aliphatic hydroxyl groups excluding tert-OH is 1. The third-order valence-electron chi connectivity index (χ3n) is 1.97. The third-order valence-corrected chi connectivity index (χ3v) is 2.45. The Hall–Kier alpha value is 1.19. The molecule has 0 saturated heterocycles. The first-order chi connectivity index (χ1) is 6.91. The first-order valence-corrected chi connectivity index (χ1v) is 5.91. The summed E-state index contributed by atoms with van der Waals surface area (Å²) in [6.45, 7) is 3.32. The van der Waals surface area contributed by atoms with Crippen molar-refractivity contribution >= 4 is 8.60 Å². The maximum atomic E-state index is 10.5. The molecule has 0 saturated carbocycles. The van der Waals surface area contributed by atoms with Gasteiger partial charge >= 0.3 is 29.6 Å². The Bertz CT molecular complexity index is 175. The molecular weight excluding hydrogens is 244 g/mol. The van der Waals surface area contributed by atoms with Crippen molar-refractivity contribution in [1.29, 1.82) is 0 Å². The molecule has 0 aromatic carbocycles. The van der Waals surface area contributed by atoms with E-state index in [0.29, 0.717) is 11.0 Å². The summed E-state index contributed by atoms with van der Waals surface area (Å²) in [6.07, 6.45) is 0.263. The molecule has 2 unspecified atom stereocenters. The van der Waals surface area contributed by atoms with Gasteiger partial charge in [-0.15, -0.1) is 0 Å². The molecule has 92 valence electrons. The molecule has 2 atom stereocenters. The van der Waals surface area contributed by atoms with Crippen LogP contribution in [0.5, 0.6) is 0 Å². The second-order valence-corrected chi connectivity index (χ2v) is 4.94. The Morgan fingerprint density at radius 3 is 2.44 bits per heavy atom. The van der Waals surface area contributed by atoms with Gasteiger partial charge in [0, 0.05) is 0 Å². The van der Waals surface area contributed by atoms with Gasteiger partial charge in [0.25, 0.3) is 0 Å². The largest absolute Gasteiger partial charge is 1.00 e. The fraction of sp³-hybridized carbons (Fsp3) is 1.00. The Morgan fingerprint density at radius 1 is 1.44 bits per heavy atom. The number of likely N-dealkylation sites (N-methyl/N-ethyl adjacent to an activating group) is 1. The van der Waals surface area contributed by atoms with E-state index in [4.69, 9.17) is 0 Å². The molecular formula is C8H19NNaO5P. The third kappa shape index (κ3) is 10.4. The Kier molecular flexibility index (Phi) is 12.4. The summed E-state index contributed by atoms with van der Waals surface area (Å²) in [5.74, 6) is 0. The van der Waals surface area contributed by atoms with Crippen molar-refractivity contribution < 1.29 is 58.5 Å². The molecule has 0 fully saturated rings. The summed E-state index contributed by atoms with van der Waals surface area (Å²) in [6, 6.07) is 0. The minimum atomic E-state index is -2.63. The zero-order chi connectivity index (χ0) is 11.9. The molecule has 0 aromatic rings. The Labute approximate surface area is 120 Å². The first kappa shape index (κ1) is 19.5. The summed E-state index contributed by atoms with van der Waals surface area (Å²) in [5, 5.41) is 19.2. The van der Waals surface area contributed by atoms with Crippen molar-refractivity contribution in [1.82, 2.24) is 0 Å². The summed E-state index contributed by atoms with van der Waals surface area (Å²) >= 11 is 0. The van der Waals surface area contributed by atoms with Crippen LogP contribution in [0.2, 0.25) is 0 Å². The Morgan fingerprint density at radius 2 is 2.00 bits per heavy atom. The van der Waals surface area contributed by atoms with E-state index in [0.717, 1.165) is 13.0 Å². The molecule has 0 aliphatic carbocycles. The maximum absolute atomic E-state index is 10.5. The quantitative estimate of drug-likeness (QED) is 0.158. The van der Waals surface area contributed by atoms with Gasteiger partial charge in [-0.3, -0.25) is 0 Å². The van der Waals surface area contributed by atoms with E-state index in [-0.39, 0.29) is 36.2 Å². The van der Waals surface area contributed by atoms with Crippen LogP contribution < -0.4 is 39.7 Å². The molecule has 0 bridgehead atoms. The smallest absolute Gasteiger partial charge is 0.786 e. The second kappa shape index (κ2) is 10.1. The average Bonchev–Trinajstić information content (AvgIpc) is 2.13. The molecule has 0 aliphatic rings. The van der Waals surface area contributed by atoms with Crippen LogP contribution in [0.15, 0.2) is 0 Å². The van der Waals surface area contributed by atoms with Gasteiger partial charge in [-0.25, -0.2) is 0 Å². The van der Waals surface area contributed by atoms with Gasteiger partial charge in [-0.2, -0.15) is 0 Å². The molecule has 1 N–H and O–H groups in total. The van der Waals surface area contributed by atoms with Gasteiger partial charge in [0.15, 0.2) is 0 Å². The summed E-state index contributed by atoms with van der Waals surface area (Å²) < 4.78 is 8.34. The summed E-state index contributed by atoms with van der Waals surface area (Å²) in [7, 11) is 1.33. The molecule has 16 heavy (non-hydrogen) atoms. The average molecular weight is 263 g/mol. The second-order valence-electron chi connectivity index (χ2n) is 4.09. The standard InChI is InChI=1S/C8H20NO5P.Na/c1-4-5-9(2,3)6-8(10)7-13-15(12)14-11;/h8,10-11H,4-7H2,1-3H3;/q;+1/p-1. The number of nitrogens with zero attached hydrogens (tertiary/aromatic N) is 1. The minimum absolute atomic E-state index is 0. The molecule has 0 heterocycles. The molecule has 0 spiro atoms. The van der Waals surface area contributed by atoms with Gasteiger partial charge in [0.05, 0.1) is 35.8 Å². The van der Waals surface area contributed by atoms with E-state index < -0.39 is 14.7 Å². The number of hydrogen-bond acceptors (Lipinski definition) is 5. The molecule has 0 amide bonds. The fourth-order valence-electron chi connectivity index (χ4n) is 1.49. The van der Waals surface area contributed by atoms with Gasteiger partial charge in [0.1, 0.15) is 12.6 Å². The van der Waals surface area contributed by atoms with E-state index in [1.54, 1.807) is 0 Å². The zero-order valence-corrected chi connectivity index (χ0v) is 13.3. The summed E-state index contributed by atoms with van der Waals surface area (Å²) in [5.41, 5.74) is 0. The van der Waals surface area contributed by atoms with Crippen molar-refractivity contribution in [3.63, 3.8) is 0 Å². The van der Waals surface area contributed by atoms with Crippen LogP contribution in [0.25, 0.3) is 0 Å². The van der Waals surface area contributed by atoms with Gasteiger partial charge < -0.3 is 28.9 Å². The first-order valence-electron chi connectivity index (χ1n) is 4.81. The molecule has 8 heteroatoms. The van der Waals surface area contributed by atoms with Crippen LogP contribution in [0.1, 0.15) is 13.3 Å². The molecule has 0 aliphatic heterocycles. The Balaban J connectivity index is 0. The molecule has 0 radical (unpaired) electrons. The molecule has 0 aromatic heterocycles. The fourth-order valence-corrected chi connectivity index (χ4v) is 1.83. The minimum Gasteiger partial charge on any atom is -0.786 e. The zero-order valence-electron chi connectivity index (χ0n) is 10.4. The van der Waals surface area contributed by atoms with Crippen LogP contribution in [-0.2, 0) is 9.20 Å². The molecule has 6 nitrogen and oxygen atoms in total. The van der Waals surface area contributed by atoms with Crippen molar-refractivity contribution in [2.24, 2.45) is 0 Å². The molecule has 0 rings (SSSR count). The predicted octanol–water partition coefficient (Wildman–Crippen LogP) is -4.27. The normalized spacial score (nSPS) is 15.4. The number of hydrogen-bond donors (Lipinski definition) is 1. The van der Waals surface area contributed by atoms with Gasteiger partial charge in [-0.05, 0) is 6.42 Å². The van der Waals surface area contributed by atoms with Crippen molar-refractivity contribution in [3.05, 3.63) is 0 Å². The maximum Gasteiger partial charge on any atom is 1.00 e. The van der Waals surface area contributed by atoms with E-state index >= 15 is 0 Å². The van der Waals surface area contributed by atoms with Gasteiger partial charge in [0.2, 0.25) is 0 Å². The predicted molar refractivity (Wildman–Crippen MR) is 52.1 cm³/mol. The summed E-state index contributed by atoms with van der Waals surface area (Å²) in [4.78, 5) is 10.5. The SMILES string of the molecule is CCC[N+](C)(C)CC(O)COP([O-])O[O-].[Na+]. The van der Waals surface area contributed by atoms with Crippen molar-refractivity contribution in [2.45, 2.75) is 19.4 Å². The van der Waals surface area contributed by atoms with Crippen LogP contribution in [-0.4, -0.2) is 49.5 Å².